The van der Waals surface area contributed by atoms with Crippen LogP contribution in [0.25, 0.3) is 10.9 Å². The van der Waals surface area contributed by atoms with E-state index in [4.69, 9.17) is 4.74 Å². The highest BCUT2D eigenvalue weighted by atomic mass is 32.1. The second-order valence-electron chi connectivity index (χ2n) is 5.66. The fourth-order valence-electron chi connectivity index (χ4n) is 2.65. The summed E-state index contributed by atoms with van der Waals surface area (Å²) in [5, 5.41) is 13.3. The molecule has 9 heteroatoms. The molecule has 0 saturated carbocycles. The number of fused-ring (bicyclic) bond motifs is 1. The number of nitrogens with zero attached hydrogens (tertiary/aromatic N) is 4. The van der Waals surface area contributed by atoms with Gasteiger partial charge < -0.3 is 15.4 Å². The predicted octanol–water partition coefficient (Wildman–Crippen LogP) is 3.51. The van der Waals surface area contributed by atoms with Crippen molar-refractivity contribution in [3.8, 4) is 11.5 Å². The van der Waals surface area contributed by atoms with E-state index in [1.807, 2.05) is 31.3 Å². The Morgan fingerprint density at radius 1 is 1.26 bits per heavy atom. The van der Waals surface area contributed by atoms with E-state index in [2.05, 4.69) is 25.7 Å². The molecule has 0 unspecified atom stereocenters. The Balaban J connectivity index is 1.71. The Kier molecular flexibility index (Phi) is 4.43. The summed E-state index contributed by atoms with van der Waals surface area (Å²) in [7, 11) is 3.57. The molecule has 136 valence electrons. The molecule has 0 atom stereocenters. The van der Waals surface area contributed by atoms with E-state index in [9.17, 15) is 4.79 Å². The van der Waals surface area contributed by atoms with Crippen LogP contribution in [0.5, 0.6) is 11.5 Å². The highest BCUT2D eigenvalue weighted by Gasteiger charge is 2.18. The minimum absolute atomic E-state index is 0.328. The van der Waals surface area contributed by atoms with Gasteiger partial charge in [-0.1, -0.05) is 6.07 Å². The first-order valence-corrected chi connectivity index (χ1v) is 9.02. The van der Waals surface area contributed by atoms with Crippen LogP contribution in [-0.2, 0) is 7.05 Å². The smallest absolute Gasteiger partial charge is 0.276 e. The summed E-state index contributed by atoms with van der Waals surface area (Å²) < 4.78 is 7.66. The molecule has 0 saturated heterocycles. The molecule has 2 N–H and O–H groups in total. The van der Waals surface area contributed by atoms with Crippen LogP contribution < -0.4 is 15.4 Å². The summed E-state index contributed by atoms with van der Waals surface area (Å²) in [6, 6.07) is 9.23. The molecule has 0 aliphatic carbocycles. The van der Waals surface area contributed by atoms with Gasteiger partial charge in [-0.05, 0) is 24.3 Å². The summed E-state index contributed by atoms with van der Waals surface area (Å²) in [6.07, 6.45) is 3.30. The van der Waals surface area contributed by atoms with E-state index < -0.39 is 0 Å². The Bertz CT molecular complexity index is 1110. The van der Waals surface area contributed by atoms with Gasteiger partial charge in [-0.25, -0.2) is 4.98 Å². The lowest BCUT2D eigenvalue weighted by atomic mass is 10.2. The van der Waals surface area contributed by atoms with Crippen LogP contribution in [0.4, 0.5) is 10.9 Å². The molecule has 8 nitrogen and oxygen atoms in total. The second-order valence-corrected chi connectivity index (χ2v) is 6.51. The van der Waals surface area contributed by atoms with Crippen molar-refractivity contribution < 1.29 is 9.53 Å². The van der Waals surface area contributed by atoms with Crippen LogP contribution in [0, 0.1) is 0 Å². The van der Waals surface area contributed by atoms with E-state index in [0.29, 0.717) is 33.5 Å². The van der Waals surface area contributed by atoms with Crippen LogP contribution in [0.15, 0.2) is 48.1 Å². The normalized spacial score (nSPS) is 10.7. The molecule has 1 aromatic carbocycles. The molecule has 0 radical (unpaired) electrons. The number of thiazole rings is 1. The van der Waals surface area contributed by atoms with Gasteiger partial charge in [-0.3, -0.25) is 14.5 Å². The molecule has 3 heterocycles. The highest BCUT2D eigenvalue weighted by molar-refractivity contribution is 7.13. The number of benzene rings is 1. The molecule has 4 aromatic rings. The Hall–Kier alpha value is -3.46. The third-order valence-corrected chi connectivity index (χ3v) is 4.74. The Morgan fingerprint density at radius 3 is 2.89 bits per heavy atom. The molecule has 3 aromatic heterocycles. The van der Waals surface area contributed by atoms with Crippen molar-refractivity contribution in [2.75, 3.05) is 17.7 Å². The van der Waals surface area contributed by atoms with Crippen molar-refractivity contribution in [3.05, 3.63) is 53.8 Å². The monoisotopic (exact) mass is 380 g/mol. The number of hydrogen-bond acceptors (Lipinski definition) is 7. The highest BCUT2D eigenvalue weighted by Crippen LogP contribution is 2.34. The van der Waals surface area contributed by atoms with Gasteiger partial charge in [0.05, 0.1) is 17.1 Å². The molecule has 0 aliphatic heterocycles. The number of nitrogens with one attached hydrogen (secondary N) is 2. The number of pyridine rings is 1. The van der Waals surface area contributed by atoms with Crippen molar-refractivity contribution in [3.63, 3.8) is 0 Å². The van der Waals surface area contributed by atoms with Crippen LogP contribution >= 0.6 is 11.3 Å². The van der Waals surface area contributed by atoms with Crippen LogP contribution in [-0.4, -0.2) is 32.7 Å². The molecule has 4 rings (SSSR count). The van der Waals surface area contributed by atoms with E-state index in [-0.39, 0.29) is 5.91 Å². The van der Waals surface area contributed by atoms with Crippen LogP contribution in [0.1, 0.15) is 10.5 Å². The first-order chi connectivity index (χ1) is 13.2. The summed E-state index contributed by atoms with van der Waals surface area (Å²) >= 11 is 1.36. The topological polar surface area (TPSA) is 94.0 Å². The fraction of sp³-hybridized carbons (Fsp3) is 0.111. The average molecular weight is 380 g/mol. The first kappa shape index (κ1) is 17.0. The summed E-state index contributed by atoms with van der Waals surface area (Å²) in [5.41, 5.74) is 1.16. The minimum atomic E-state index is -0.330. The molecule has 0 spiro atoms. The zero-order valence-electron chi connectivity index (χ0n) is 14.6. The van der Waals surface area contributed by atoms with E-state index >= 15 is 0 Å². The molecule has 27 heavy (non-hydrogen) atoms. The zero-order chi connectivity index (χ0) is 18.8. The maximum absolute atomic E-state index is 12.6. The molecule has 0 fully saturated rings. The lowest BCUT2D eigenvalue weighted by Gasteiger charge is -2.08. The Labute approximate surface area is 158 Å². The third-order valence-electron chi connectivity index (χ3n) is 3.88. The van der Waals surface area contributed by atoms with Crippen molar-refractivity contribution in [2.24, 2.45) is 7.05 Å². The zero-order valence-corrected chi connectivity index (χ0v) is 15.4. The van der Waals surface area contributed by atoms with Gasteiger partial charge in [0.1, 0.15) is 17.2 Å². The predicted molar refractivity (Wildman–Crippen MR) is 105 cm³/mol. The number of carbonyl (C=O) groups excluding carboxylic acids is 1. The maximum Gasteiger partial charge on any atom is 0.276 e. The average Bonchev–Trinajstić information content (AvgIpc) is 3.28. The minimum Gasteiger partial charge on any atom is -0.455 e. The van der Waals surface area contributed by atoms with Gasteiger partial charge in [0.2, 0.25) is 0 Å². The number of hydrogen-bond donors (Lipinski definition) is 2. The molecule has 0 aliphatic rings. The molecular formula is C18H16N6O2S. The largest absolute Gasteiger partial charge is 0.455 e. The number of carbonyl (C=O) groups is 1. The number of rotatable bonds is 5. The molecule has 0 bridgehead atoms. The standard InChI is InChI=1S/C18H16N6O2S/c1-19-18-21-12(10-27-18)17(25)22-16-15-13(24(2)23-16)6-3-7-14(15)26-11-5-4-8-20-9-11/h3-10H,1-2H3,(H,19,21)(H,22,23,25). The van der Waals surface area contributed by atoms with E-state index in [1.54, 1.807) is 35.6 Å². The van der Waals surface area contributed by atoms with Gasteiger partial charge in [0.15, 0.2) is 10.9 Å². The first-order valence-electron chi connectivity index (χ1n) is 8.14. The van der Waals surface area contributed by atoms with E-state index in [0.717, 1.165) is 5.52 Å². The van der Waals surface area contributed by atoms with Gasteiger partial charge in [0, 0.05) is 25.7 Å². The van der Waals surface area contributed by atoms with Crippen molar-refractivity contribution in [1.82, 2.24) is 19.7 Å². The number of ether oxygens (including phenoxy) is 1. The SMILES string of the molecule is CNc1nc(C(=O)Nc2nn(C)c3cccc(Oc4cccnc4)c23)cs1. The lowest BCUT2D eigenvalue weighted by Crippen LogP contribution is -2.13. The summed E-state index contributed by atoms with van der Waals surface area (Å²) in [6.45, 7) is 0. The maximum atomic E-state index is 12.6. The molecule has 1 amide bonds. The number of aryl methyl sites for hydroxylation is 1. The van der Waals surface area contributed by atoms with Crippen molar-refractivity contribution in [2.45, 2.75) is 0 Å². The van der Waals surface area contributed by atoms with Crippen molar-refractivity contribution in [1.29, 1.82) is 0 Å². The van der Waals surface area contributed by atoms with Crippen LogP contribution in [0.2, 0.25) is 0 Å². The summed E-state index contributed by atoms with van der Waals surface area (Å²) in [5.74, 6) is 1.27. The molecular weight excluding hydrogens is 364 g/mol. The van der Waals surface area contributed by atoms with Crippen LogP contribution in [0.3, 0.4) is 0 Å². The lowest BCUT2D eigenvalue weighted by molar-refractivity contribution is 0.102. The van der Waals surface area contributed by atoms with E-state index in [1.165, 1.54) is 11.3 Å². The van der Waals surface area contributed by atoms with Gasteiger partial charge in [-0.2, -0.15) is 5.10 Å². The Morgan fingerprint density at radius 2 is 2.15 bits per heavy atom. The number of anilines is 2. The summed E-state index contributed by atoms with van der Waals surface area (Å²) in [4.78, 5) is 20.9. The third kappa shape index (κ3) is 3.32. The quantitative estimate of drug-likeness (QED) is 0.550. The number of aromatic nitrogens is 4. The number of amides is 1. The fourth-order valence-corrected chi connectivity index (χ4v) is 3.30. The van der Waals surface area contributed by atoms with Gasteiger partial charge in [0.25, 0.3) is 5.91 Å². The van der Waals surface area contributed by atoms with Crippen molar-refractivity contribution >= 4 is 39.1 Å². The van der Waals surface area contributed by atoms with Gasteiger partial charge >= 0.3 is 0 Å². The van der Waals surface area contributed by atoms with Gasteiger partial charge in [-0.15, -0.1) is 11.3 Å². The second kappa shape index (κ2) is 7.04.